The van der Waals surface area contributed by atoms with Crippen LogP contribution in [0.5, 0.6) is 0 Å². The highest BCUT2D eigenvalue weighted by atomic mass is 32.2. The molecule has 1 aromatic heterocycles. The van der Waals surface area contributed by atoms with Crippen LogP contribution in [-0.4, -0.2) is 43.8 Å². The molecule has 0 radical (unpaired) electrons. The number of rotatable bonds is 6. The molecule has 0 atom stereocenters. The van der Waals surface area contributed by atoms with Crippen LogP contribution in [0.4, 0.5) is 0 Å². The Labute approximate surface area is 123 Å². The molecule has 9 heteroatoms. The lowest BCUT2D eigenvalue weighted by molar-refractivity contribution is 0.0580. The predicted octanol–water partition coefficient (Wildman–Crippen LogP) is 0.0545. The van der Waals surface area contributed by atoms with E-state index >= 15 is 0 Å². The second-order valence-electron chi connectivity index (χ2n) is 5.10. The van der Waals surface area contributed by atoms with E-state index in [9.17, 15) is 13.2 Å². The normalized spacial score (nSPS) is 16.3. The highest BCUT2D eigenvalue weighted by molar-refractivity contribution is 7.89. The summed E-state index contributed by atoms with van der Waals surface area (Å²) in [5.74, 6) is -0.585. The van der Waals surface area contributed by atoms with Gasteiger partial charge in [-0.05, 0) is 19.8 Å². The first kappa shape index (κ1) is 15.9. The van der Waals surface area contributed by atoms with Crippen molar-refractivity contribution < 1.29 is 17.9 Å². The van der Waals surface area contributed by atoms with Crippen molar-refractivity contribution in [3.63, 3.8) is 0 Å². The monoisotopic (exact) mass is 316 g/mol. The molecule has 2 rings (SSSR count). The van der Waals surface area contributed by atoms with Crippen molar-refractivity contribution in [1.82, 2.24) is 15.5 Å². The van der Waals surface area contributed by atoms with Gasteiger partial charge in [0, 0.05) is 6.54 Å². The third kappa shape index (κ3) is 4.02. The van der Waals surface area contributed by atoms with E-state index in [0.717, 1.165) is 12.8 Å². The fourth-order valence-corrected chi connectivity index (χ4v) is 3.33. The minimum absolute atomic E-state index is 0.212. The number of H-pyrrole nitrogens is 1. The molecule has 0 aliphatic heterocycles. The number of ether oxygens (including phenoxy) is 1. The summed E-state index contributed by atoms with van der Waals surface area (Å²) >= 11 is 0. The number of aryl methyl sites for hydroxylation is 1. The fraction of sp³-hybridized carbons (Fsp3) is 0.667. The number of hydrogen-bond donors (Lipinski definition) is 3. The highest BCUT2D eigenvalue weighted by Crippen LogP contribution is 2.20. The lowest BCUT2D eigenvalue weighted by atomic mass is 10.3. The Morgan fingerprint density at radius 3 is 2.76 bits per heavy atom. The van der Waals surface area contributed by atoms with Gasteiger partial charge in [0.05, 0.1) is 18.4 Å². The molecular formula is C12H20N4O4S. The topological polar surface area (TPSA) is 127 Å². The lowest BCUT2D eigenvalue weighted by Crippen LogP contribution is -2.30. The number of nitrogens with one attached hydrogen (secondary N) is 2. The molecule has 4 N–H and O–H groups in total. The van der Waals surface area contributed by atoms with Gasteiger partial charge in [-0.2, -0.15) is 5.10 Å². The number of aromatic nitrogens is 2. The molecular weight excluding hydrogens is 296 g/mol. The van der Waals surface area contributed by atoms with Crippen LogP contribution in [0.15, 0.2) is 4.90 Å². The first-order valence-electron chi connectivity index (χ1n) is 6.87. The Hall–Kier alpha value is -1.45. The number of hydrogen-bond acceptors (Lipinski definition) is 5. The average molecular weight is 316 g/mol. The molecule has 1 saturated carbocycles. The maximum absolute atomic E-state index is 12.0. The Balaban J connectivity index is 1.89. The quantitative estimate of drug-likeness (QED) is 0.639. The maximum Gasteiger partial charge on any atom is 0.273 e. The van der Waals surface area contributed by atoms with E-state index in [1.165, 1.54) is 19.8 Å². The predicted molar refractivity (Wildman–Crippen MR) is 75.2 cm³/mol. The van der Waals surface area contributed by atoms with E-state index in [4.69, 9.17) is 9.88 Å². The van der Waals surface area contributed by atoms with Gasteiger partial charge < -0.3 is 10.1 Å². The zero-order valence-corrected chi connectivity index (χ0v) is 12.7. The van der Waals surface area contributed by atoms with Crippen molar-refractivity contribution in [3.8, 4) is 0 Å². The first-order chi connectivity index (χ1) is 9.89. The number of aromatic amines is 1. The zero-order valence-electron chi connectivity index (χ0n) is 11.9. The Morgan fingerprint density at radius 2 is 2.14 bits per heavy atom. The summed E-state index contributed by atoms with van der Waals surface area (Å²) in [4.78, 5) is 11.7. The maximum atomic E-state index is 12.0. The second-order valence-corrected chi connectivity index (χ2v) is 6.60. The van der Waals surface area contributed by atoms with Gasteiger partial charge in [0.2, 0.25) is 10.0 Å². The van der Waals surface area contributed by atoms with E-state index in [1.54, 1.807) is 0 Å². The van der Waals surface area contributed by atoms with Gasteiger partial charge >= 0.3 is 0 Å². The summed E-state index contributed by atoms with van der Waals surface area (Å²) in [6.07, 6.45) is 4.75. The Kier molecular flexibility index (Phi) is 4.96. The molecule has 0 bridgehead atoms. The van der Waals surface area contributed by atoms with Crippen molar-refractivity contribution in [2.75, 3.05) is 13.2 Å². The molecule has 1 heterocycles. The van der Waals surface area contributed by atoms with E-state index in [1.807, 2.05) is 0 Å². The van der Waals surface area contributed by atoms with Crippen LogP contribution in [0, 0.1) is 6.92 Å². The molecule has 0 saturated heterocycles. The molecule has 21 heavy (non-hydrogen) atoms. The van der Waals surface area contributed by atoms with Crippen LogP contribution < -0.4 is 10.5 Å². The van der Waals surface area contributed by atoms with Gasteiger partial charge in [0.15, 0.2) is 5.69 Å². The fourth-order valence-electron chi connectivity index (χ4n) is 2.45. The van der Waals surface area contributed by atoms with E-state index < -0.39 is 15.9 Å². The smallest absolute Gasteiger partial charge is 0.273 e. The summed E-state index contributed by atoms with van der Waals surface area (Å²) in [5.41, 5.74) is 0.0284. The van der Waals surface area contributed by atoms with Gasteiger partial charge in [0.25, 0.3) is 5.91 Å². The van der Waals surface area contributed by atoms with E-state index in [0.29, 0.717) is 13.2 Å². The van der Waals surface area contributed by atoms with Crippen LogP contribution >= 0.6 is 0 Å². The Bertz CT molecular complexity index is 605. The molecule has 0 aromatic carbocycles. The van der Waals surface area contributed by atoms with Crippen LogP contribution in [0.25, 0.3) is 0 Å². The van der Waals surface area contributed by atoms with Crippen LogP contribution in [0.1, 0.15) is 41.9 Å². The van der Waals surface area contributed by atoms with Crippen LogP contribution in [0.3, 0.4) is 0 Å². The van der Waals surface area contributed by atoms with Gasteiger partial charge in [0.1, 0.15) is 4.90 Å². The molecule has 8 nitrogen and oxygen atoms in total. The largest absolute Gasteiger partial charge is 0.376 e. The number of sulfonamides is 1. The highest BCUT2D eigenvalue weighted by Gasteiger charge is 2.25. The number of amides is 1. The van der Waals surface area contributed by atoms with Crippen molar-refractivity contribution in [3.05, 3.63) is 11.4 Å². The molecule has 0 unspecified atom stereocenters. The summed E-state index contributed by atoms with van der Waals surface area (Å²) in [6, 6.07) is 0. The number of carbonyl (C=O) groups is 1. The van der Waals surface area contributed by atoms with Gasteiger partial charge in [-0.15, -0.1) is 0 Å². The molecule has 1 aliphatic carbocycles. The molecule has 0 spiro atoms. The van der Waals surface area contributed by atoms with E-state index in [-0.39, 0.29) is 22.4 Å². The zero-order chi connectivity index (χ0) is 15.5. The third-order valence-corrected chi connectivity index (χ3v) is 4.50. The average Bonchev–Trinajstić information content (AvgIpc) is 3.02. The van der Waals surface area contributed by atoms with Crippen molar-refractivity contribution in [2.45, 2.75) is 43.6 Å². The number of carbonyl (C=O) groups excluding carboxylic acids is 1. The van der Waals surface area contributed by atoms with Crippen LogP contribution in [0.2, 0.25) is 0 Å². The van der Waals surface area contributed by atoms with Gasteiger partial charge in [-0.25, -0.2) is 13.6 Å². The minimum atomic E-state index is -4.00. The lowest BCUT2D eigenvalue weighted by Gasteiger charge is -2.11. The number of primary sulfonamides is 1. The van der Waals surface area contributed by atoms with Crippen molar-refractivity contribution >= 4 is 15.9 Å². The van der Waals surface area contributed by atoms with Gasteiger partial charge in [-0.3, -0.25) is 9.89 Å². The molecule has 1 aromatic rings. The van der Waals surface area contributed by atoms with Crippen LogP contribution in [-0.2, 0) is 14.8 Å². The Morgan fingerprint density at radius 1 is 1.48 bits per heavy atom. The minimum Gasteiger partial charge on any atom is -0.376 e. The SMILES string of the molecule is Cc1[nH]nc(C(=O)NCCOC2CCCC2)c1S(N)(=O)=O. The third-order valence-electron chi connectivity index (χ3n) is 3.43. The van der Waals surface area contributed by atoms with Crippen molar-refractivity contribution in [1.29, 1.82) is 0 Å². The number of nitrogens with zero attached hydrogens (tertiary/aromatic N) is 1. The van der Waals surface area contributed by atoms with Gasteiger partial charge in [-0.1, -0.05) is 12.8 Å². The first-order valence-corrected chi connectivity index (χ1v) is 8.42. The molecule has 118 valence electrons. The standard InChI is InChI=1S/C12H20N4O4S/c1-8-11(21(13,18)19)10(16-15-8)12(17)14-6-7-20-9-4-2-3-5-9/h9H,2-7H2,1H3,(H,14,17)(H,15,16)(H2,13,18,19). The molecule has 1 amide bonds. The second kappa shape index (κ2) is 6.54. The van der Waals surface area contributed by atoms with Crippen molar-refractivity contribution in [2.24, 2.45) is 5.14 Å². The molecule has 1 fully saturated rings. The molecule has 1 aliphatic rings. The summed E-state index contributed by atoms with van der Waals surface area (Å²) < 4.78 is 28.5. The summed E-state index contributed by atoms with van der Waals surface area (Å²) in [6.45, 7) is 2.18. The number of nitrogens with two attached hydrogens (primary N) is 1. The van der Waals surface area contributed by atoms with E-state index in [2.05, 4.69) is 15.5 Å². The summed E-state index contributed by atoms with van der Waals surface area (Å²) in [5, 5.41) is 13.8. The summed E-state index contributed by atoms with van der Waals surface area (Å²) in [7, 11) is -4.00.